The average molecular weight is 414 g/mol. The summed E-state index contributed by atoms with van der Waals surface area (Å²) in [5.74, 6) is 1.16. The Kier molecular flexibility index (Phi) is 5.92. The smallest absolute Gasteiger partial charge is 0.231 e. The lowest BCUT2D eigenvalue weighted by molar-refractivity contribution is 0.101. The third-order valence-electron chi connectivity index (χ3n) is 5.54. The van der Waals surface area contributed by atoms with Crippen molar-refractivity contribution in [2.24, 2.45) is 0 Å². The van der Waals surface area contributed by atoms with Crippen LogP contribution >= 0.6 is 0 Å². The molecule has 0 spiro atoms. The number of fused-ring (bicyclic) bond motifs is 1. The van der Waals surface area contributed by atoms with Crippen molar-refractivity contribution < 1.29 is 14.6 Å². The lowest BCUT2D eigenvalue weighted by atomic mass is 10.0. The minimum Gasteiger partial charge on any atom is -0.507 e. The van der Waals surface area contributed by atoms with Crippen molar-refractivity contribution in [2.45, 2.75) is 32.9 Å². The van der Waals surface area contributed by atoms with E-state index in [0.717, 1.165) is 12.1 Å². The maximum atomic E-state index is 12.9. The van der Waals surface area contributed by atoms with Crippen LogP contribution in [0.25, 0.3) is 6.08 Å². The van der Waals surface area contributed by atoms with Crippen LogP contribution in [0, 0.1) is 0 Å². The molecule has 1 aliphatic rings. The maximum absolute atomic E-state index is 12.9. The van der Waals surface area contributed by atoms with Crippen LogP contribution in [0.1, 0.15) is 52.4 Å². The molecular weight excluding hydrogens is 386 g/mol. The number of ether oxygens (including phenoxy) is 1. The highest BCUT2D eigenvalue weighted by Gasteiger charge is 2.31. The molecule has 0 saturated heterocycles. The number of hydrogen-bond acceptors (Lipinski definition) is 4. The second kappa shape index (κ2) is 8.78. The normalized spacial score (nSPS) is 14.4. The number of benzene rings is 3. The van der Waals surface area contributed by atoms with Crippen molar-refractivity contribution in [1.29, 1.82) is 0 Å². The van der Waals surface area contributed by atoms with E-state index in [0.29, 0.717) is 29.3 Å². The van der Waals surface area contributed by atoms with Gasteiger partial charge in [0.15, 0.2) is 5.76 Å². The van der Waals surface area contributed by atoms with Crippen LogP contribution < -0.4 is 4.74 Å². The van der Waals surface area contributed by atoms with Gasteiger partial charge in [0.05, 0.1) is 11.1 Å². The molecule has 158 valence electrons. The zero-order valence-electron chi connectivity index (χ0n) is 18.1. The minimum absolute atomic E-state index is 0.133. The summed E-state index contributed by atoms with van der Waals surface area (Å²) < 4.78 is 5.99. The highest BCUT2D eigenvalue weighted by Crippen LogP contribution is 2.40. The van der Waals surface area contributed by atoms with Crippen LogP contribution in [0.15, 0.2) is 72.5 Å². The van der Waals surface area contributed by atoms with Crippen molar-refractivity contribution >= 4 is 11.9 Å². The Hall–Kier alpha value is -3.37. The molecule has 3 aromatic rings. The number of Topliss-reactive ketones (excluding diaryl/α,β-unsaturated/α-hetero) is 1. The third kappa shape index (κ3) is 4.54. The molecule has 1 heterocycles. The molecule has 0 aromatic heterocycles. The largest absolute Gasteiger partial charge is 0.507 e. The fraction of sp³-hybridized carbons (Fsp3) is 0.222. The number of carbonyl (C=O) groups excluding carboxylic acids is 1. The first-order valence-electron chi connectivity index (χ1n) is 10.5. The van der Waals surface area contributed by atoms with Gasteiger partial charge in [-0.05, 0) is 47.9 Å². The van der Waals surface area contributed by atoms with Gasteiger partial charge in [-0.3, -0.25) is 9.69 Å². The highest BCUT2D eigenvalue weighted by atomic mass is 16.5. The van der Waals surface area contributed by atoms with E-state index in [1.807, 2.05) is 37.4 Å². The second-order valence-corrected chi connectivity index (χ2v) is 8.36. The van der Waals surface area contributed by atoms with E-state index in [1.54, 1.807) is 18.2 Å². The van der Waals surface area contributed by atoms with Gasteiger partial charge in [-0.15, -0.1) is 0 Å². The van der Waals surface area contributed by atoms with Crippen molar-refractivity contribution in [3.63, 3.8) is 0 Å². The number of aromatic hydroxyl groups is 1. The summed E-state index contributed by atoms with van der Waals surface area (Å²) in [5.41, 5.74) is 4.46. The summed E-state index contributed by atoms with van der Waals surface area (Å²) >= 11 is 0. The van der Waals surface area contributed by atoms with Gasteiger partial charge in [-0.1, -0.05) is 68.4 Å². The number of phenols is 1. The zero-order valence-corrected chi connectivity index (χ0v) is 18.1. The molecule has 0 saturated carbocycles. The van der Waals surface area contributed by atoms with Gasteiger partial charge in [0.1, 0.15) is 11.5 Å². The summed E-state index contributed by atoms with van der Waals surface area (Å²) in [6.07, 6.45) is 1.76. The SMILES string of the molecule is CC(C)c1ccc(/C=C2\Oc3c(ccc(O)c3CN(C)Cc3ccccc3)C2=O)cc1. The summed E-state index contributed by atoms with van der Waals surface area (Å²) in [7, 11) is 1.98. The quantitative estimate of drug-likeness (QED) is 0.522. The monoisotopic (exact) mass is 413 g/mol. The summed E-state index contributed by atoms with van der Waals surface area (Å²) in [6.45, 7) is 5.49. The molecule has 0 radical (unpaired) electrons. The van der Waals surface area contributed by atoms with Crippen molar-refractivity contribution in [1.82, 2.24) is 4.90 Å². The molecular formula is C27H27NO3. The highest BCUT2D eigenvalue weighted by molar-refractivity contribution is 6.15. The molecule has 0 aliphatic carbocycles. The summed E-state index contributed by atoms with van der Waals surface area (Å²) in [6, 6.07) is 21.5. The fourth-order valence-electron chi connectivity index (χ4n) is 3.80. The Morgan fingerprint density at radius 1 is 0.968 bits per heavy atom. The average Bonchev–Trinajstić information content (AvgIpc) is 3.07. The fourth-order valence-corrected chi connectivity index (χ4v) is 3.80. The van der Waals surface area contributed by atoms with Gasteiger partial charge in [-0.2, -0.15) is 0 Å². The maximum Gasteiger partial charge on any atom is 0.231 e. The molecule has 1 aliphatic heterocycles. The van der Waals surface area contributed by atoms with Crippen LogP contribution in [-0.4, -0.2) is 22.8 Å². The number of allylic oxidation sites excluding steroid dienone is 1. The molecule has 4 heteroatoms. The van der Waals surface area contributed by atoms with Crippen LogP contribution in [-0.2, 0) is 13.1 Å². The lowest BCUT2D eigenvalue weighted by Crippen LogP contribution is -2.17. The van der Waals surface area contributed by atoms with Gasteiger partial charge >= 0.3 is 0 Å². The molecule has 3 aromatic carbocycles. The number of rotatable bonds is 6. The van der Waals surface area contributed by atoms with E-state index in [4.69, 9.17) is 4.74 Å². The van der Waals surface area contributed by atoms with Crippen LogP contribution in [0.5, 0.6) is 11.5 Å². The van der Waals surface area contributed by atoms with E-state index >= 15 is 0 Å². The molecule has 31 heavy (non-hydrogen) atoms. The standard InChI is InChI=1S/C27H27NO3/c1-18(2)21-11-9-19(10-12-21)15-25-26(30)22-13-14-24(29)23(27(22)31-25)17-28(3)16-20-7-5-4-6-8-20/h4-15,18,29H,16-17H2,1-3H3/b25-15-. The van der Waals surface area contributed by atoms with Crippen LogP contribution in [0.3, 0.4) is 0 Å². The zero-order chi connectivity index (χ0) is 22.0. The Morgan fingerprint density at radius 3 is 2.35 bits per heavy atom. The Bertz CT molecular complexity index is 1120. The Balaban J connectivity index is 1.57. The van der Waals surface area contributed by atoms with Crippen molar-refractivity contribution in [3.8, 4) is 11.5 Å². The van der Waals surface area contributed by atoms with E-state index in [2.05, 4.69) is 43.0 Å². The topological polar surface area (TPSA) is 49.8 Å². The molecule has 0 unspecified atom stereocenters. The minimum atomic E-state index is -0.158. The van der Waals surface area contributed by atoms with Gasteiger partial charge in [-0.25, -0.2) is 0 Å². The second-order valence-electron chi connectivity index (χ2n) is 8.36. The van der Waals surface area contributed by atoms with Gasteiger partial charge in [0.2, 0.25) is 5.78 Å². The Morgan fingerprint density at radius 2 is 1.68 bits per heavy atom. The first kappa shape index (κ1) is 20.9. The van der Waals surface area contributed by atoms with Crippen LogP contribution in [0.4, 0.5) is 0 Å². The molecule has 4 nitrogen and oxygen atoms in total. The van der Waals surface area contributed by atoms with Gasteiger partial charge in [0, 0.05) is 13.1 Å². The molecule has 1 N–H and O–H groups in total. The van der Waals surface area contributed by atoms with Crippen molar-refractivity contribution in [3.05, 3.63) is 100 Å². The molecule has 0 amide bonds. The predicted octanol–water partition coefficient (Wildman–Crippen LogP) is 5.76. The predicted molar refractivity (Wildman–Crippen MR) is 123 cm³/mol. The number of hydrogen-bond donors (Lipinski definition) is 1. The summed E-state index contributed by atoms with van der Waals surface area (Å²) in [4.78, 5) is 15.0. The van der Waals surface area contributed by atoms with Crippen LogP contribution in [0.2, 0.25) is 0 Å². The number of carbonyl (C=O) groups is 1. The van der Waals surface area contributed by atoms with E-state index < -0.39 is 0 Å². The molecule has 4 rings (SSSR count). The molecule has 0 atom stereocenters. The first-order chi connectivity index (χ1) is 14.9. The number of phenolic OH excluding ortho intramolecular Hbond substituents is 1. The summed E-state index contributed by atoms with van der Waals surface area (Å²) in [5, 5.41) is 10.5. The molecule has 0 fully saturated rings. The van der Waals surface area contributed by atoms with Gasteiger partial charge in [0.25, 0.3) is 0 Å². The first-order valence-corrected chi connectivity index (χ1v) is 10.5. The van der Waals surface area contributed by atoms with Crippen molar-refractivity contribution in [2.75, 3.05) is 7.05 Å². The lowest BCUT2D eigenvalue weighted by Gasteiger charge is -2.19. The van der Waals surface area contributed by atoms with Gasteiger partial charge < -0.3 is 9.84 Å². The molecule has 0 bridgehead atoms. The Labute approximate surface area is 183 Å². The number of ketones is 1. The number of nitrogens with zero attached hydrogens (tertiary/aromatic N) is 1. The van der Waals surface area contributed by atoms with E-state index in [1.165, 1.54) is 11.1 Å². The van der Waals surface area contributed by atoms with E-state index in [9.17, 15) is 9.90 Å². The third-order valence-corrected chi connectivity index (χ3v) is 5.54. The van der Waals surface area contributed by atoms with E-state index in [-0.39, 0.29) is 17.3 Å².